The number of hydrogen-bond donors (Lipinski definition) is 4. The van der Waals surface area contributed by atoms with E-state index in [1.807, 2.05) is 25.1 Å². The van der Waals surface area contributed by atoms with Gasteiger partial charge in [0.05, 0.1) is 84.4 Å². The summed E-state index contributed by atoms with van der Waals surface area (Å²) in [6.07, 6.45) is 24.1. The maximum absolute atomic E-state index is 13.2. The SMILES string of the molecule is ClCCl.O=S(=O)(Cl)C1CC1.[C-]#[N+]c1ccc(Nc2ncnc(OC3CC4CCC(N4)C34CC4)c2C)c(Cl)c1.[C-]#[N+]c1ccc(Nc2ncnc(OC3CC4CCC(N4C(=O)CC(C)(C)C)C34CC4)c2C)c(Cl)c1.[C-]#[N+]c1ccc(Nc2ncnc(OC3CC4CCC(N4S(=O)(=O)C4CC4)C34CC4)c2C)c(Cl)c1. The number of halogens is 6. The van der Waals surface area contributed by atoms with E-state index in [1.165, 1.54) is 44.7 Å². The number of sulfonamides is 1. The van der Waals surface area contributed by atoms with Crippen LogP contribution in [-0.4, -0.2) is 132 Å². The van der Waals surface area contributed by atoms with Gasteiger partial charge in [0.2, 0.25) is 42.6 Å². The van der Waals surface area contributed by atoms with Crippen molar-refractivity contribution in [1.82, 2.24) is 44.4 Å². The predicted octanol–water partition coefficient (Wildman–Crippen LogP) is 18.4. The molecule has 9 atom stereocenters. The number of piperidine rings is 3. The van der Waals surface area contributed by atoms with Gasteiger partial charge in [0.15, 0.2) is 17.1 Å². The third-order valence-electron chi connectivity index (χ3n) is 23.1. The van der Waals surface area contributed by atoms with Gasteiger partial charge in [-0.3, -0.25) is 4.79 Å². The molecule has 11 aliphatic rings. The zero-order valence-corrected chi connectivity index (χ0v) is 66.6. The second-order valence-corrected chi connectivity index (χ2v) is 38.3. The van der Waals surface area contributed by atoms with Crippen LogP contribution in [0.15, 0.2) is 73.6 Å². The van der Waals surface area contributed by atoms with Crippen molar-refractivity contribution in [1.29, 1.82) is 0 Å². The van der Waals surface area contributed by atoms with E-state index in [4.69, 9.17) is 103 Å². The van der Waals surface area contributed by atoms with Crippen LogP contribution in [0.4, 0.5) is 51.6 Å². The molecular weight excluding hydrogens is 1530 g/mol. The first-order valence-electron chi connectivity index (χ1n) is 36.5. The van der Waals surface area contributed by atoms with Gasteiger partial charge in [-0.25, -0.2) is 61.3 Å². The van der Waals surface area contributed by atoms with Crippen molar-refractivity contribution >= 4 is 145 Å². The van der Waals surface area contributed by atoms with Crippen LogP contribution in [0.1, 0.15) is 166 Å². The van der Waals surface area contributed by atoms with E-state index in [0.717, 1.165) is 107 Å². The molecule has 11 fully saturated rings. The number of aromatic nitrogens is 6. The van der Waals surface area contributed by atoms with Gasteiger partial charge in [0.25, 0.3) is 0 Å². The minimum Gasteiger partial charge on any atom is -0.473 e. The van der Waals surface area contributed by atoms with Crippen LogP contribution in [0, 0.1) is 62.1 Å². The lowest BCUT2D eigenvalue weighted by molar-refractivity contribution is -0.143. The summed E-state index contributed by atoms with van der Waals surface area (Å²) in [5.41, 5.74) is 6.15. The van der Waals surface area contributed by atoms with Gasteiger partial charge in [-0.1, -0.05) is 73.8 Å². The Balaban J connectivity index is 0.000000133. The van der Waals surface area contributed by atoms with E-state index in [1.54, 1.807) is 54.6 Å². The molecule has 1 amide bonds. The molecule has 5 saturated carbocycles. The second kappa shape index (κ2) is 31.5. The van der Waals surface area contributed by atoms with E-state index in [9.17, 15) is 21.6 Å². The minimum absolute atomic E-state index is 0.0126. The monoisotopic (exact) mass is 1610 g/mol. The first-order chi connectivity index (χ1) is 51.0. The number of carbonyl (C=O) groups excluding carboxylic acids is 1. The Labute approximate surface area is 656 Å². The van der Waals surface area contributed by atoms with E-state index >= 15 is 0 Å². The van der Waals surface area contributed by atoms with Crippen molar-refractivity contribution in [3.63, 3.8) is 0 Å². The lowest BCUT2D eigenvalue weighted by Crippen LogP contribution is -2.56. The first kappa shape index (κ1) is 78.3. The number of nitrogens with one attached hydrogen (secondary N) is 4. The molecule has 3 aromatic carbocycles. The number of hydrogen-bond acceptors (Lipinski definition) is 18. The summed E-state index contributed by atoms with van der Waals surface area (Å²) >= 11 is 28.5. The molecule has 6 aromatic rings. The smallest absolute Gasteiger partial charge is 0.235 e. The van der Waals surface area contributed by atoms with E-state index in [2.05, 4.69) is 91.4 Å². The van der Waals surface area contributed by atoms with Crippen molar-refractivity contribution in [3.8, 4) is 17.6 Å². The predicted molar refractivity (Wildman–Crippen MR) is 418 cm³/mol. The van der Waals surface area contributed by atoms with Crippen LogP contribution >= 0.6 is 68.7 Å². The molecule has 3 spiro atoms. The summed E-state index contributed by atoms with van der Waals surface area (Å²) in [5.74, 6) is 3.90. The number of alkyl halides is 2. The van der Waals surface area contributed by atoms with Gasteiger partial charge in [-0.15, -0.1) is 23.2 Å². The number of fused-ring (bicyclic) bond motifs is 9. The maximum atomic E-state index is 13.2. The Bertz CT molecular complexity index is 4730. The van der Waals surface area contributed by atoms with Crippen LogP contribution in [0.25, 0.3) is 14.5 Å². The molecule has 0 radical (unpaired) electrons. The highest BCUT2D eigenvalue weighted by Gasteiger charge is 2.68. The number of ether oxygens (including phenoxy) is 3. The van der Waals surface area contributed by atoms with Crippen LogP contribution in [-0.2, 0) is 23.9 Å². The molecule has 9 unspecified atom stereocenters. The number of amides is 1. The molecule has 5 aliphatic carbocycles. The zero-order chi connectivity index (χ0) is 76.1. The molecule has 568 valence electrons. The topological polar surface area (TPSA) is 258 Å². The van der Waals surface area contributed by atoms with Crippen LogP contribution in [0.2, 0.25) is 15.1 Å². The summed E-state index contributed by atoms with van der Waals surface area (Å²) in [6, 6.07) is 17.1. The number of rotatable bonds is 16. The molecule has 6 bridgehead atoms. The van der Waals surface area contributed by atoms with Crippen LogP contribution < -0.4 is 35.5 Å². The highest BCUT2D eigenvalue weighted by molar-refractivity contribution is 8.14. The number of anilines is 6. The highest BCUT2D eigenvalue weighted by atomic mass is 35.7. The fraction of sp³-hybridized carbons (Fsp3) is 0.553. The van der Waals surface area contributed by atoms with Crippen LogP contribution in [0.3, 0.4) is 0 Å². The van der Waals surface area contributed by atoms with Crippen molar-refractivity contribution < 1.29 is 35.8 Å². The van der Waals surface area contributed by atoms with Crippen LogP contribution in [0.5, 0.6) is 17.6 Å². The van der Waals surface area contributed by atoms with Crippen molar-refractivity contribution in [3.05, 3.63) is 140 Å². The zero-order valence-electron chi connectivity index (χ0n) is 60.4. The van der Waals surface area contributed by atoms with E-state index in [0.29, 0.717) is 115 Å². The summed E-state index contributed by atoms with van der Waals surface area (Å²) in [4.78, 5) is 52.1. The standard InChI is InChI=1S/C27H32ClN5O2.C24H26ClN5O3S.C21H22ClN5O.C3H5ClO2S.CH2Cl2/c1-16-24(32-20-8-6-17(29-5)12-19(20)28)30-15-31-25(16)35-22-13-18-7-9-21(27(22)10-11-27)33(18)23(34)14-26(2,3)4;1-14-22(29-19-7-3-15(26-2)11-18(19)25)27-13-28-23(14)33-21-12-16-4-8-20(24(21)9-10-24)30(16)34(31,32)17-5-6-17;1-12-19(27-16-5-3-13(23-2)9-15(16)22)24-11-25-20(12)28-18-10-14-4-6-17(26-14)21(18)7-8-21;4-7(5,6)3-1-2-3;2-1-3/h6,8,12,15,18,21-22H,7,9-11,13-14H2,1-4H3,(H,30,31,32);3,7,11,13,16-17,20-21H,4-6,8-10,12H2,1H3,(H,27,28,29);3,5,9,11,14,17-18,26H,4,6-8,10H2,1H3,(H,24,25,27);3H,1-2H2;1H2. The molecule has 6 aliphatic heterocycles. The molecule has 9 heterocycles. The molecule has 4 N–H and O–H groups in total. The molecule has 17 rings (SSSR count). The number of benzene rings is 3. The van der Waals surface area contributed by atoms with Crippen molar-refractivity contribution in [2.75, 3.05) is 21.3 Å². The average molecular weight is 1620 g/mol. The Hall–Kier alpha value is -6.80. The molecular formula is C76H87Cl6N15O8S2. The van der Waals surface area contributed by atoms with Crippen molar-refractivity contribution in [2.24, 2.45) is 21.7 Å². The minimum atomic E-state index is -3.20. The Morgan fingerprint density at radius 2 is 0.944 bits per heavy atom. The number of carbonyl (C=O) groups is 1. The van der Waals surface area contributed by atoms with Gasteiger partial charge in [0, 0.05) is 88.9 Å². The molecule has 23 nitrogen and oxygen atoms in total. The van der Waals surface area contributed by atoms with Gasteiger partial charge in [0.1, 0.15) is 54.7 Å². The summed E-state index contributed by atoms with van der Waals surface area (Å²) in [7, 11) is -1.45. The Morgan fingerprint density at radius 1 is 0.551 bits per heavy atom. The average Bonchev–Trinajstić information content (AvgIpc) is 1.55. The molecule has 6 saturated heterocycles. The number of nitrogens with zero attached hydrogens (tertiary/aromatic N) is 11. The first-order valence-corrected chi connectivity index (χ1v) is 42.6. The van der Waals surface area contributed by atoms with Gasteiger partial charge >= 0.3 is 0 Å². The molecule has 107 heavy (non-hydrogen) atoms. The lowest BCUT2D eigenvalue weighted by Gasteiger charge is -2.46. The van der Waals surface area contributed by atoms with E-state index in [-0.39, 0.29) is 80.0 Å². The fourth-order valence-corrected chi connectivity index (χ4v) is 21.1. The van der Waals surface area contributed by atoms with Gasteiger partial charge < -0.3 is 40.4 Å². The van der Waals surface area contributed by atoms with E-state index < -0.39 is 19.1 Å². The van der Waals surface area contributed by atoms with Gasteiger partial charge in [-0.05, 0) is 165 Å². The molecule has 3 aromatic heterocycles. The lowest BCUT2D eigenvalue weighted by atomic mass is 9.82. The summed E-state index contributed by atoms with van der Waals surface area (Å²) < 4.78 is 68.2. The normalized spacial score (nSPS) is 25.2. The third kappa shape index (κ3) is 16.9. The van der Waals surface area contributed by atoms with Crippen molar-refractivity contribution in [2.45, 2.75) is 235 Å². The fourth-order valence-electron chi connectivity index (χ4n) is 16.8. The highest BCUT2D eigenvalue weighted by Crippen LogP contribution is 2.65. The molecule has 31 heteroatoms. The summed E-state index contributed by atoms with van der Waals surface area (Å²) in [5, 5.41) is 14.7. The van der Waals surface area contributed by atoms with Gasteiger partial charge in [-0.2, -0.15) is 4.31 Å². The second-order valence-electron chi connectivity index (χ2n) is 31.3. The Morgan fingerprint density at radius 3 is 1.32 bits per heavy atom. The third-order valence-corrected chi connectivity index (χ3v) is 28.5. The largest absolute Gasteiger partial charge is 0.473 e. The summed E-state index contributed by atoms with van der Waals surface area (Å²) in [6.45, 7) is 33.6. The Kier molecular flexibility index (Phi) is 23.1. The maximum Gasteiger partial charge on any atom is 0.235 e. The quantitative estimate of drug-likeness (QED) is 0.0399.